The van der Waals surface area contributed by atoms with Crippen LogP contribution in [0.25, 0.3) is 0 Å². The van der Waals surface area contributed by atoms with Crippen molar-refractivity contribution in [3.8, 4) is 5.75 Å². The van der Waals surface area contributed by atoms with Gasteiger partial charge in [-0.15, -0.1) is 0 Å². The van der Waals surface area contributed by atoms with Crippen LogP contribution in [0, 0.1) is 0 Å². The highest BCUT2D eigenvalue weighted by molar-refractivity contribution is 6.30. The van der Waals surface area contributed by atoms with E-state index in [-0.39, 0.29) is 18.4 Å². The van der Waals surface area contributed by atoms with Crippen LogP contribution in [-0.4, -0.2) is 42.0 Å². The van der Waals surface area contributed by atoms with Gasteiger partial charge in [0.1, 0.15) is 5.75 Å². The van der Waals surface area contributed by atoms with E-state index in [1.54, 1.807) is 43.3 Å². The summed E-state index contributed by atoms with van der Waals surface area (Å²) in [6.45, 7) is 8.36. The van der Waals surface area contributed by atoms with Gasteiger partial charge in [0.25, 0.3) is 5.91 Å². The fraction of sp³-hybridized carbons (Fsp3) is 0.323. The van der Waals surface area contributed by atoms with Gasteiger partial charge in [-0.3, -0.25) is 4.79 Å². The molecule has 0 heterocycles. The predicted molar refractivity (Wildman–Crippen MR) is 151 cm³/mol. The van der Waals surface area contributed by atoms with Gasteiger partial charge in [-0.05, 0) is 58.9 Å². The van der Waals surface area contributed by atoms with Crippen molar-refractivity contribution in [3.63, 3.8) is 0 Å². The van der Waals surface area contributed by atoms with Gasteiger partial charge in [-0.2, -0.15) is 0 Å². The van der Waals surface area contributed by atoms with E-state index in [2.05, 4.69) is 50.0 Å². The molecule has 3 rings (SSSR count). The van der Waals surface area contributed by atoms with E-state index in [1.165, 1.54) is 5.56 Å². The number of amides is 1. The third-order valence-corrected chi connectivity index (χ3v) is 6.23. The van der Waals surface area contributed by atoms with E-state index < -0.39 is 18.0 Å². The largest absolute Gasteiger partial charge is 0.484 e. The lowest BCUT2D eigenvalue weighted by Crippen LogP contribution is -2.26. The van der Waals surface area contributed by atoms with Crippen molar-refractivity contribution in [2.45, 2.75) is 52.1 Å². The van der Waals surface area contributed by atoms with Crippen LogP contribution in [0.15, 0.2) is 77.8 Å². The molecule has 0 spiro atoms. The molecule has 3 aromatic carbocycles. The number of hydrogen-bond acceptors (Lipinski definition) is 4. The van der Waals surface area contributed by atoms with Crippen molar-refractivity contribution in [2.24, 2.45) is 4.99 Å². The Kier molecular flexibility index (Phi) is 10.2. The number of carbonyl (C=O) groups excluding carboxylic acids is 1. The zero-order valence-corrected chi connectivity index (χ0v) is 23.0. The number of rotatable bonds is 11. The number of hydrogen-bond donors (Lipinski definition) is 1. The highest BCUT2D eigenvalue weighted by Crippen LogP contribution is 2.23. The Morgan fingerprint density at radius 2 is 1.53 bits per heavy atom. The van der Waals surface area contributed by atoms with E-state index in [1.807, 2.05) is 12.1 Å². The number of carboxylic acids is 1. The minimum absolute atomic E-state index is 0.0540. The Labute approximate surface area is 229 Å². The molecule has 0 bridgehead atoms. The molecule has 0 fully saturated rings. The number of benzene rings is 3. The van der Waals surface area contributed by atoms with Crippen LogP contribution in [0.2, 0.25) is 5.02 Å². The molecule has 0 radical (unpaired) electrons. The van der Waals surface area contributed by atoms with Crippen LogP contribution in [0.1, 0.15) is 49.9 Å². The van der Waals surface area contributed by atoms with E-state index >= 15 is 0 Å². The molecule has 0 saturated carbocycles. The Morgan fingerprint density at radius 3 is 2.08 bits per heavy atom. The summed E-state index contributed by atoms with van der Waals surface area (Å²) in [5, 5.41) is 9.87. The molecule has 7 heteroatoms. The third-order valence-electron chi connectivity index (χ3n) is 5.98. The van der Waals surface area contributed by atoms with Gasteiger partial charge < -0.3 is 14.6 Å². The fourth-order valence-electron chi connectivity index (χ4n) is 3.85. The molecule has 0 aliphatic heterocycles. The summed E-state index contributed by atoms with van der Waals surface area (Å²) in [5.41, 5.74) is 4.57. The van der Waals surface area contributed by atoms with Crippen molar-refractivity contribution in [1.29, 1.82) is 0 Å². The Bertz CT molecular complexity index is 1240. The smallest absolute Gasteiger partial charge is 0.333 e. The summed E-state index contributed by atoms with van der Waals surface area (Å²) in [4.78, 5) is 28.5. The number of carboxylic acid groups (broad SMARTS) is 1. The molecule has 0 saturated heterocycles. The van der Waals surface area contributed by atoms with Crippen LogP contribution in [-0.2, 0) is 32.6 Å². The summed E-state index contributed by atoms with van der Waals surface area (Å²) >= 11 is 6.07. The number of halogens is 1. The quantitative estimate of drug-likeness (QED) is 0.291. The maximum absolute atomic E-state index is 12.8. The van der Waals surface area contributed by atoms with E-state index in [4.69, 9.17) is 21.1 Å². The number of ether oxygens (including phenoxy) is 2. The molecule has 38 heavy (non-hydrogen) atoms. The summed E-state index contributed by atoms with van der Waals surface area (Å²) in [6.07, 6.45) is -0.177. The molecule has 1 atom stereocenters. The minimum atomic E-state index is -1.00. The number of carbonyl (C=O) groups is 2. The first-order valence-electron chi connectivity index (χ1n) is 12.6. The molecule has 1 N–H and O–H groups in total. The lowest BCUT2D eigenvalue weighted by atomic mass is 9.86. The third kappa shape index (κ3) is 8.82. The Balaban J connectivity index is 1.70. The first-order chi connectivity index (χ1) is 18.0. The fourth-order valence-corrected chi connectivity index (χ4v) is 3.97. The normalized spacial score (nSPS) is 12.7. The van der Waals surface area contributed by atoms with Crippen molar-refractivity contribution >= 4 is 29.2 Å². The van der Waals surface area contributed by atoms with Gasteiger partial charge in [-0.1, -0.05) is 80.9 Å². The van der Waals surface area contributed by atoms with Gasteiger partial charge in [0.15, 0.2) is 12.7 Å². The molecule has 1 amide bonds. The maximum atomic E-state index is 12.8. The van der Waals surface area contributed by atoms with Crippen LogP contribution in [0.3, 0.4) is 0 Å². The monoisotopic (exact) mass is 535 g/mol. The van der Waals surface area contributed by atoms with Crippen LogP contribution in [0.5, 0.6) is 5.75 Å². The van der Waals surface area contributed by atoms with Crippen LogP contribution < -0.4 is 4.74 Å². The molecule has 0 unspecified atom stereocenters. The number of nitrogens with zero attached hydrogens (tertiary/aromatic N) is 1. The summed E-state index contributed by atoms with van der Waals surface area (Å²) in [5.74, 6) is -0.920. The highest BCUT2D eigenvalue weighted by atomic mass is 35.5. The molecule has 200 valence electrons. The molecule has 3 aromatic rings. The Hall–Kier alpha value is -3.48. The predicted octanol–water partition coefficient (Wildman–Crippen LogP) is 6.31. The molecule has 0 aliphatic carbocycles. The van der Waals surface area contributed by atoms with Gasteiger partial charge in [0.2, 0.25) is 0 Å². The Morgan fingerprint density at radius 1 is 0.921 bits per heavy atom. The van der Waals surface area contributed by atoms with Crippen molar-refractivity contribution in [3.05, 3.63) is 100 Å². The van der Waals surface area contributed by atoms with E-state index in [0.29, 0.717) is 29.5 Å². The van der Waals surface area contributed by atoms with Gasteiger partial charge in [0.05, 0.1) is 5.71 Å². The second-order valence-electron chi connectivity index (χ2n) is 10.0. The second kappa shape index (κ2) is 13.4. The number of aliphatic imine (C=N–C) groups is 1. The van der Waals surface area contributed by atoms with Gasteiger partial charge >= 0.3 is 5.97 Å². The van der Waals surface area contributed by atoms with Gasteiger partial charge in [0, 0.05) is 24.5 Å². The summed E-state index contributed by atoms with van der Waals surface area (Å²) in [6, 6.07) is 22.5. The van der Waals surface area contributed by atoms with Gasteiger partial charge in [-0.25, -0.2) is 9.79 Å². The van der Waals surface area contributed by atoms with Crippen LogP contribution >= 0.6 is 11.6 Å². The molecular formula is C31H34ClNO5. The van der Waals surface area contributed by atoms with Crippen molar-refractivity contribution < 1.29 is 24.2 Å². The van der Waals surface area contributed by atoms with Crippen molar-refractivity contribution in [1.82, 2.24) is 0 Å². The zero-order valence-electron chi connectivity index (χ0n) is 22.2. The lowest BCUT2D eigenvalue weighted by molar-refractivity contribution is -0.149. The molecule has 0 aliphatic rings. The van der Waals surface area contributed by atoms with Crippen LogP contribution in [0.4, 0.5) is 0 Å². The van der Waals surface area contributed by atoms with E-state index in [9.17, 15) is 14.7 Å². The average Bonchev–Trinajstić information content (AvgIpc) is 2.88. The second-order valence-corrected chi connectivity index (χ2v) is 10.4. The highest BCUT2D eigenvalue weighted by Gasteiger charge is 2.18. The van der Waals surface area contributed by atoms with E-state index in [0.717, 1.165) is 16.7 Å². The summed E-state index contributed by atoms with van der Waals surface area (Å²) < 4.78 is 10.9. The topological polar surface area (TPSA) is 85.2 Å². The lowest BCUT2D eigenvalue weighted by Gasteiger charge is -2.19. The SMILES string of the molecule is CCO[C@@H](Cc1ccc(OCC(=O)N=C(Cc2ccc(C(C)(C)C)cc2)c2ccc(Cl)cc2)cc1)C(=O)O. The molecule has 0 aromatic heterocycles. The standard InChI is InChI=1S/C31H34ClNO5/c1-5-37-28(30(35)36)19-22-8-16-26(17-9-22)38-20-29(34)33-27(23-10-14-25(32)15-11-23)18-21-6-12-24(13-7-21)31(2,3)4/h6-17,28H,5,18-20H2,1-4H3,(H,35,36)/t28-/m0/s1. The first kappa shape index (κ1) is 29.1. The molecular weight excluding hydrogens is 502 g/mol. The minimum Gasteiger partial charge on any atom is -0.484 e. The zero-order chi connectivity index (χ0) is 27.7. The maximum Gasteiger partial charge on any atom is 0.333 e. The molecule has 6 nitrogen and oxygen atoms in total. The first-order valence-corrected chi connectivity index (χ1v) is 12.9. The number of aliphatic carboxylic acids is 1. The average molecular weight is 536 g/mol. The van der Waals surface area contributed by atoms with Crippen molar-refractivity contribution in [2.75, 3.05) is 13.2 Å². The summed E-state index contributed by atoms with van der Waals surface area (Å²) in [7, 11) is 0.